The number of nitrogens with one attached hydrogen (secondary N) is 1. The van der Waals surface area contributed by atoms with Crippen molar-refractivity contribution >= 4 is 50.5 Å². The molecule has 2 rings (SSSR count). The Kier molecular flexibility index (Phi) is 2.25. The van der Waals surface area contributed by atoms with Gasteiger partial charge in [0, 0.05) is 3.57 Å². The molecule has 0 amide bonds. The third-order valence-electron chi connectivity index (χ3n) is 1.70. The van der Waals surface area contributed by atoms with Crippen LogP contribution in [0.5, 0.6) is 0 Å². The number of halogens is 2. The van der Waals surface area contributed by atoms with Gasteiger partial charge in [0.2, 0.25) is 0 Å². The number of aromatic amines is 1. The van der Waals surface area contributed by atoms with Crippen LogP contribution in [0.3, 0.4) is 0 Å². The highest BCUT2D eigenvalue weighted by molar-refractivity contribution is 14.1. The lowest BCUT2D eigenvalue weighted by molar-refractivity contribution is 0.108. The number of rotatable bonds is 1. The van der Waals surface area contributed by atoms with Gasteiger partial charge in [-0.3, -0.25) is 4.79 Å². The summed E-state index contributed by atoms with van der Waals surface area (Å²) in [5.41, 5.74) is 1.90. The van der Waals surface area contributed by atoms with Crippen molar-refractivity contribution in [1.82, 2.24) is 9.97 Å². The average Bonchev–Trinajstić information content (AvgIpc) is 2.49. The summed E-state index contributed by atoms with van der Waals surface area (Å²) < 4.78 is 0.957. The van der Waals surface area contributed by atoms with E-state index in [1.165, 1.54) is 0 Å². The van der Waals surface area contributed by atoms with E-state index >= 15 is 0 Å². The zero-order valence-electron chi connectivity index (χ0n) is 6.34. The molecule has 0 spiro atoms. The Morgan fingerprint density at radius 2 is 2.31 bits per heavy atom. The zero-order chi connectivity index (χ0) is 9.42. The molecule has 0 atom stereocenters. The molecule has 1 N–H and O–H groups in total. The first kappa shape index (κ1) is 8.96. The van der Waals surface area contributed by atoms with Gasteiger partial charge in [-0.2, -0.15) is 0 Å². The van der Waals surface area contributed by atoms with Gasteiger partial charge in [0.05, 0.1) is 17.4 Å². The van der Waals surface area contributed by atoms with Crippen LogP contribution in [0.2, 0.25) is 0 Å². The van der Waals surface area contributed by atoms with Crippen LogP contribution in [-0.2, 0) is 0 Å². The third kappa shape index (κ3) is 1.55. The number of aromatic nitrogens is 2. The van der Waals surface area contributed by atoms with Crippen LogP contribution in [0, 0.1) is 3.57 Å². The fourth-order valence-electron chi connectivity index (χ4n) is 1.16. The van der Waals surface area contributed by atoms with Crippen LogP contribution in [0.4, 0.5) is 0 Å². The maximum absolute atomic E-state index is 11.0. The Morgan fingerprint density at radius 1 is 1.54 bits per heavy atom. The predicted molar refractivity (Wildman–Crippen MR) is 59.0 cm³/mol. The minimum absolute atomic E-state index is 0.449. The number of nitrogens with zero attached hydrogens (tertiary/aromatic N) is 1. The Hall–Kier alpha value is -0.620. The summed E-state index contributed by atoms with van der Waals surface area (Å²) in [6.45, 7) is 0. The van der Waals surface area contributed by atoms with Gasteiger partial charge in [0.15, 0.2) is 0 Å². The molecule has 1 heterocycles. The quantitative estimate of drug-likeness (QED) is 0.650. The molecular weight excluding hydrogens is 302 g/mol. The highest BCUT2D eigenvalue weighted by atomic mass is 127. The van der Waals surface area contributed by atoms with Gasteiger partial charge >= 0.3 is 0 Å². The molecule has 1 aromatic carbocycles. The van der Waals surface area contributed by atoms with Gasteiger partial charge in [-0.25, -0.2) is 4.98 Å². The maximum Gasteiger partial charge on any atom is 0.254 e. The van der Waals surface area contributed by atoms with Crippen molar-refractivity contribution in [1.29, 1.82) is 0 Å². The lowest BCUT2D eigenvalue weighted by Crippen LogP contribution is -1.91. The number of carbonyl (C=O) groups is 1. The van der Waals surface area contributed by atoms with E-state index in [0.717, 1.165) is 9.09 Å². The summed E-state index contributed by atoms with van der Waals surface area (Å²) in [7, 11) is 0. The van der Waals surface area contributed by atoms with Gasteiger partial charge in [-0.1, -0.05) is 0 Å². The van der Waals surface area contributed by atoms with Gasteiger partial charge < -0.3 is 4.98 Å². The molecule has 2 aromatic rings. The van der Waals surface area contributed by atoms with Crippen LogP contribution in [0.25, 0.3) is 11.0 Å². The van der Waals surface area contributed by atoms with Crippen LogP contribution >= 0.6 is 34.2 Å². The molecule has 0 aliphatic carbocycles. The monoisotopic (exact) mass is 306 g/mol. The summed E-state index contributed by atoms with van der Waals surface area (Å²) in [6, 6.07) is 3.63. The Bertz CT molecular complexity index is 480. The Morgan fingerprint density at radius 3 is 3.00 bits per heavy atom. The highest BCUT2D eigenvalue weighted by Gasteiger charge is 2.10. The number of hydrogen-bond acceptors (Lipinski definition) is 2. The van der Waals surface area contributed by atoms with E-state index in [1.807, 2.05) is 6.07 Å². The summed E-state index contributed by atoms with van der Waals surface area (Å²) >= 11 is 7.54. The normalized spacial score (nSPS) is 10.6. The number of fused-ring (bicyclic) bond motifs is 1. The van der Waals surface area contributed by atoms with E-state index < -0.39 is 5.24 Å². The fraction of sp³-hybridized carbons (Fsp3) is 0. The Labute approximate surface area is 92.6 Å². The minimum atomic E-state index is -0.476. The molecule has 0 aliphatic heterocycles. The molecule has 3 nitrogen and oxygen atoms in total. The van der Waals surface area contributed by atoms with Gasteiger partial charge in [-0.15, -0.1) is 0 Å². The molecule has 0 fully saturated rings. The van der Waals surface area contributed by atoms with Crippen LogP contribution in [0.1, 0.15) is 10.4 Å². The Balaban J connectivity index is 2.84. The van der Waals surface area contributed by atoms with E-state index in [-0.39, 0.29) is 0 Å². The second-order valence-electron chi connectivity index (χ2n) is 2.53. The second-order valence-corrected chi connectivity index (χ2v) is 4.11. The van der Waals surface area contributed by atoms with Crippen molar-refractivity contribution in [3.8, 4) is 0 Å². The third-order valence-corrected chi connectivity index (χ3v) is 2.53. The molecule has 0 bridgehead atoms. The van der Waals surface area contributed by atoms with Crippen molar-refractivity contribution in [2.45, 2.75) is 0 Å². The van der Waals surface area contributed by atoms with Gasteiger partial charge in [-0.05, 0) is 46.3 Å². The summed E-state index contributed by atoms with van der Waals surface area (Å²) in [6.07, 6.45) is 1.55. The first-order chi connectivity index (χ1) is 6.18. The van der Waals surface area contributed by atoms with Gasteiger partial charge in [0.1, 0.15) is 5.52 Å². The van der Waals surface area contributed by atoms with Crippen LogP contribution < -0.4 is 0 Å². The van der Waals surface area contributed by atoms with E-state index in [1.54, 1.807) is 12.4 Å². The van der Waals surface area contributed by atoms with E-state index in [4.69, 9.17) is 11.6 Å². The van der Waals surface area contributed by atoms with E-state index in [0.29, 0.717) is 11.1 Å². The first-order valence-electron chi connectivity index (χ1n) is 3.51. The molecule has 0 unspecified atom stereocenters. The summed E-state index contributed by atoms with van der Waals surface area (Å²) in [5, 5.41) is -0.476. The topological polar surface area (TPSA) is 45.8 Å². The van der Waals surface area contributed by atoms with Crippen molar-refractivity contribution in [2.75, 3.05) is 0 Å². The molecule has 0 aliphatic rings. The molecule has 1 aromatic heterocycles. The highest BCUT2D eigenvalue weighted by Crippen LogP contribution is 2.20. The number of hydrogen-bond donors (Lipinski definition) is 1. The zero-order valence-corrected chi connectivity index (χ0v) is 9.26. The molecule has 0 saturated heterocycles. The molecule has 5 heteroatoms. The van der Waals surface area contributed by atoms with Crippen LogP contribution in [0.15, 0.2) is 18.5 Å². The lowest BCUT2D eigenvalue weighted by atomic mass is 10.2. The summed E-state index contributed by atoms with van der Waals surface area (Å²) in [5.74, 6) is 0. The van der Waals surface area contributed by atoms with Crippen molar-refractivity contribution < 1.29 is 4.79 Å². The largest absolute Gasteiger partial charge is 0.345 e. The maximum atomic E-state index is 11.0. The number of benzene rings is 1. The molecular formula is C8H4ClIN2O. The fourth-order valence-corrected chi connectivity index (χ4v) is 1.93. The number of H-pyrrole nitrogens is 1. The lowest BCUT2D eigenvalue weighted by Gasteiger charge is -1.96. The molecule has 0 saturated carbocycles. The smallest absolute Gasteiger partial charge is 0.254 e. The molecule has 13 heavy (non-hydrogen) atoms. The van der Waals surface area contributed by atoms with E-state index in [9.17, 15) is 4.79 Å². The molecule has 0 radical (unpaired) electrons. The summed E-state index contributed by atoms with van der Waals surface area (Å²) in [4.78, 5) is 18.0. The minimum Gasteiger partial charge on any atom is -0.345 e. The number of carbonyl (C=O) groups excluding carboxylic acids is 1. The standard InChI is InChI=1S/C8H4ClIN2O/c9-8(13)5-1-4(10)2-6-7(5)12-3-11-6/h1-3H,(H,11,12). The van der Waals surface area contributed by atoms with Crippen molar-refractivity contribution in [3.63, 3.8) is 0 Å². The van der Waals surface area contributed by atoms with Crippen molar-refractivity contribution in [3.05, 3.63) is 27.6 Å². The first-order valence-corrected chi connectivity index (χ1v) is 4.96. The SMILES string of the molecule is O=C(Cl)c1cc(I)cc2[nH]cnc12. The van der Waals surface area contributed by atoms with Gasteiger partial charge in [0.25, 0.3) is 5.24 Å². The van der Waals surface area contributed by atoms with E-state index in [2.05, 4.69) is 32.6 Å². The van der Waals surface area contributed by atoms with Crippen molar-refractivity contribution in [2.24, 2.45) is 0 Å². The average molecular weight is 306 g/mol. The van der Waals surface area contributed by atoms with Crippen LogP contribution in [-0.4, -0.2) is 15.2 Å². The second kappa shape index (κ2) is 3.26. The predicted octanol–water partition coefficient (Wildman–Crippen LogP) is 2.55. The molecule has 66 valence electrons. The number of imidazole rings is 1.